The summed E-state index contributed by atoms with van der Waals surface area (Å²) in [6.07, 6.45) is 1.55. The van der Waals surface area contributed by atoms with Gasteiger partial charge in [-0.3, -0.25) is 9.48 Å². The van der Waals surface area contributed by atoms with Gasteiger partial charge in [0, 0.05) is 13.2 Å². The van der Waals surface area contributed by atoms with Crippen LogP contribution in [-0.4, -0.2) is 27.2 Å². The summed E-state index contributed by atoms with van der Waals surface area (Å²) in [4.78, 5) is 11.6. The predicted octanol–water partition coefficient (Wildman–Crippen LogP) is -0.564. The maximum atomic E-state index is 11.3. The Morgan fingerprint density at radius 2 is 2.54 bits per heavy atom. The number of amides is 1. The van der Waals surface area contributed by atoms with Gasteiger partial charge in [0.25, 0.3) is 5.91 Å². The molecule has 1 aromatic rings. The number of nitrogens with two attached hydrogens (primary N) is 1. The summed E-state index contributed by atoms with van der Waals surface area (Å²) in [6.45, 7) is 0.208. The van der Waals surface area contributed by atoms with Crippen molar-refractivity contribution in [2.45, 2.75) is 0 Å². The van der Waals surface area contributed by atoms with Crippen LogP contribution in [0.2, 0.25) is 0 Å². The van der Waals surface area contributed by atoms with Crippen LogP contribution in [0.15, 0.2) is 12.3 Å². The van der Waals surface area contributed by atoms with E-state index in [0.29, 0.717) is 5.69 Å². The molecule has 1 aromatic heterocycles. The van der Waals surface area contributed by atoms with Crippen LogP contribution in [0.4, 0.5) is 0 Å². The average molecular weight is 198 g/mol. The lowest BCUT2D eigenvalue weighted by molar-refractivity contribution is 0.0950. The molecule has 13 heavy (non-hydrogen) atoms. The molecule has 0 saturated heterocycles. The lowest BCUT2D eigenvalue weighted by Crippen LogP contribution is -2.33. The molecule has 0 unspecified atom stereocenters. The topological polar surface area (TPSA) is 72.9 Å². The predicted molar refractivity (Wildman–Crippen MR) is 52.3 cm³/mol. The second kappa shape index (κ2) is 3.99. The molecule has 1 rings (SSSR count). The highest BCUT2D eigenvalue weighted by atomic mass is 32.1. The zero-order chi connectivity index (χ0) is 9.84. The number of carbonyl (C=O) groups is 1. The summed E-state index contributed by atoms with van der Waals surface area (Å²) in [5.41, 5.74) is 5.71. The fourth-order valence-corrected chi connectivity index (χ4v) is 0.927. The largest absolute Gasteiger partial charge is 0.392 e. The highest BCUT2D eigenvalue weighted by Gasteiger charge is 2.08. The second-order valence-corrected chi connectivity index (χ2v) is 3.01. The first-order valence-electron chi connectivity index (χ1n) is 3.66. The Kier molecular flexibility index (Phi) is 2.97. The number of carbonyl (C=O) groups excluding carboxylic acids is 1. The first-order chi connectivity index (χ1) is 6.11. The van der Waals surface area contributed by atoms with E-state index < -0.39 is 0 Å². The number of thiocarbonyl (C=S) groups is 1. The van der Waals surface area contributed by atoms with Crippen LogP contribution < -0.4 is 11.1 Å². The zero-order valence-electron chi connectivity index (χ0n) is 7.15. The van der Waals surface area contributed by atoms with Crippen molar-refractivity contribution in [2.24, 2.45) is 12.8 Å². The maximum Gasteiger partial charge on any atom is 0.269 e. The van der Waals surface area contributed by atoms with E-state index in [1.807, 2.05) is 0 Å². The van der Waals surface area contributed by atoms with E-state index in [-0.39, 0.29) is 17.4 Å². The molecule has 3 N–H and O–H groups in total. The van der Waals surface area contributed by atoms with Crippen LogP contribution in [0.1, 0.15) is 10.5 Å². The van der Waals surface area contributed by atoms with Crippen LogP contribution in [0.25, 0.3) is 0 Å². The van der Waals surface area contributed by atoms with Crippen molar-refractivity contribution in [3.63, 3.8) is 0 Å². The van der Waals surface area contributed by atoms with Crippen molar-refractivity contribution in [1.29, 1.82) is 0 Å². The average Bonchev–Trinajstić information content (AvgIpc) is 2.47. The van der Waals surface area contributed by atoms with Crippen molar-refractivity contribution in [1.82, 2.24) is 15.1 Å². The van der Waals surface area contributed by atoms with Gasteiger partial charge in [0.05, 0.1) is 11.5 Å². The summed E-state index contributed by atoms with van der Waals surface area (Å²) in [5, 5.41) is 6.42. The van der Waals surface area contributed by atoms with E-state index in [4.69, 9.17) is 5.73 Å². The van der Waals surface area contributed by atoms with E-state index in [1.165, 1.54) is 4.68 Å². The van der Waals surface area contributed by atoms with E-state index in [2.05, 4.69) is 22.6 Å². The third-order valence-corrected chi connectivity index (χ3v) is 1.62. The van der Waals surface area contributed by atoms with Crippen molar-refractivity contribution in [3.05, 3.63) is 18.0 Å². The molecule has 0 saturated carbocycles. The number of aryl methyl sites for hydroxylation is 1. The fourth-order valence-electron chi connectivity index (χ4n) is 0.855. The van der Waals surface area contributed by atoms with Gasteiger partial charge in [0.15, 0.2) is 0 Å². The van der Waals surface area contributed by atoms with Crippen molar-refractivity contribution >= 4 is 23.1 Å². The Morgan fingerprint density at radius 3 is 3.00 bits per heavy atom. The van der Waals surface area contributed by atoms with Gasteiger partial charge in [-0.1, -0.05) is 12.2 Å². The van der Waals surface area contributed by atoms with Gasteiger partial charge < -0.3 is 11.1 Å². The van der Waals surface area contributed by atoms with E-state index >= 15 is 0 Å². The molecule has 0 fully saturated rings. The molecule has 1 amide bonds. The van der Waals surface area contributed by atoms with Gasteiger partial charge in [-0.05, 0) is 6.07 Å². The first kappa shape index (κ1) is 9.66. The van der Waals surface area contributed by atoms with Gasteiger partial charge in [-0.15, -0.1) is 0 Å². The Balaban J connectivity index is 2.59. The summed E-state index contributed by atoms with van der Waals surface area (Å²) < 4.78 is 1.48. The maximum absolute atomic E-state index is 11.3. The Morgan fingerprint density at radius 1 is 1.85 bits per heavy atom. The molecule has 0 radical (unpaired) electrons. The van der Waals surface area contributed by atoms with E-state index in [0.717, 1.165) is 0 Å². The minimum absolute atomic E-state index is 0.208. The highest BCUT2D eigenvalue weighted by molar-refractivity contribution is 7.80. The number of nitrogens with one attached hydrogen (secondary N) is 1. The van der Waals surface area contributed by atoms with E-state index in [9.17, 15) is 4.79 Å². The molecule has 0 aromatic carbocycles. The molecule has 0 spiro atoms. The van der Waals surface area contributed by atoms with Crippen molar-refractivity contribution in [3.8, 4) is 0 Å². The molecular weight excluding hydrogens is 188 g/mol. The zero-order valence-corrected chi connectivity index (χ0v) is 7.97. The number of hydrogen-bond donors (Lipinski definition) is 2. The molecular formula is C7H10N4OS. The van der Waals surface area contributed by atoms with Crippen LogP contribution in [0, 0.1) is 0 Å². The van der Waals surface area contributed by atoms with Crippen LogP contribution >= 0.6 is 12.2 Å². The SMILES string of the molecule is Cn1nccc1C(=O)NCC(N)=S. The molecule has 70 valence electrons. The van der Waals surface area contributed by atoms with Crippen LogP contribution in [0.5, 0.6) is 0 Å². The highest BCUT2D eigenvalue weighted by Crippen LogP contribution is 1.94. The standard InChI is InChI=1S/C7H10N4OS/c1-11-5(2-3-10-11)7(12)9-4-6(8)13/h2-3H,4H2,1H3,(H2,8,13)(H,9,12). The van der Waals surface area contributed by atoms with Crippen molar-refractivity contribution < 1.29 is 4.79 Å². The van der Waals surface area contributed by atoms with Gasteiger partial charge >= 0.3 is 0 Å². The van der Waals surface area contributed by atoms with Crippen LogP contribution in [0.3, 0.4) is 0 Å². The second-order valence-electron chi connectivity index (χ2n) is 2.49. The number of nitrogens with zero attached hydrogens (tertiary/aromatic N) is 2. The molecule has 0 aliphatic carbocycles. The Bertz CT molecular complexity index is 333. The third kappa shape index (κ3) is 2.51. The quantitative estimate of drug-likeness (QED) is 0.638. The normalized spacial score (nSPS) is 9.62. The van der Waals surface area contributed by atoms with Gasteiger partial charge in [0.1, 0.15) is 5.69 Å². The Labute approximate surface area is 80.9 Å². The number of aromatic nitrogens is 2. The van der Waals surface area contributed by atoms with Gasteiger partial charge in [-0.2, -0.15) is 5.10 Å². The summed E-state index contributed by atoms with van der Waals surface area (Å²) in [5.74, 6) is -0.229. The molecule has 6 heteroatoms. The molecule has 0 aliphatic heterocycles. The van der Waals surface area contributed by atoms with Gasteiger partial charge in [-0.25, -0.2) is 0 Å². The van der Waals surface area contributed by atoms with Gasteiger partial charge in [0.2, 0.25) is 0 Å². The minimum Gasteiger partial charge on any atom is -0.392 e. The molecule has 5 nitrogen and oxygen atoms in total. The fraction of sp³-hybridized carbons (Fsp3) is 0.286. The number of rotatable bonds is 3. The number of hydrogen-bond acceptors (Lipinski definition) is 3. The Hall–Kier alpha value is -1.43. The minimum atomic E-state index is -0.229. The monoisotopic (exact) mass is 198 g/mol. The van der Waals surface area contributed by atoms with Crippen molar-refractivity contribution in [2.75, 3.05) is 6.54 Å². The van der Waals surface area contributed by atoms with Crippen LogP contribution in [-0.2, 0) is 7.05 Å². The lowest BCUT2D eigenvalue weighted by atomic mass is 10.4. The summed E-state index contributed by atoms with van der Waals surface area (Å²) in [6, 6.07) is 1.62. The molecule has 0 aliphatic rings. The summed E-state index contributed by atoms with van der Waals surface area (Å²) in [7, 11) is 1.69. The first-order valence-corrected chi connectivity index (χ1v) is 4.06. The molecule has 0 bridgehead atoms. The lowest BCUT2D eigenvalue weighted by Gasteiger charge is -2.03. The van der Waals surface area contributed by atoms with E-state index in [1.54, 1.807) is 19.3 Å². The molecule has 1 heterocycles. The third-order valence-electron chi connectivity index (χ3n) is 1.48. The smallest absolute Gasteiger partial charge is 0.269 e. The molecule has 0 atom stereocenters. The summed E-state index contributed by atoms with van der Waals surface area (Å²) >= 11 is 4.62.